The van der Waals surface area contributed by atoms with Crippen molar-refractivity contribution in [2.75, 3.05) is 11.6 Å². The first kappa shape index (κ1) is 21.7. The molecule has 32 heavy (non-hydrogen) atoms. The molecule has 162 valence electrons. The van der Waals surface area contributed by atoms with E-state index in [2.05, 4.69) is 10.3 Å². The highest BCUT2D eigenvalue weighted by Crippen LogP contribution is 2.26. The predicted octanol–water partition coefficient (Wildman–Crippen LogP) is 4.00. The average molecular weight is 468 g/mol. The lowest BCUT2D eigenvalue weighted by Gasteiger charge is -2.12. The number of anilines is 1. The number of sulfone groups is 1. The van der Waals surface area contributed by atoms with Crippen molar-refractivity contribution in [1.29, 1.82) is 0 Å². The Hall–Kier alpha value is -3.49. The van der Waals surface area contributed by atoms with Crippen molar-refractivity contribution in [3.05, 3.63) is 93.5 Å². The Morgan fingerprint density at radius 3 is 2.41 bits per heavy atom. The van der Waals surface area contributed by atoms with E-state index in [1.54, 1.807) is 49.4 Å². The third kappa shape index (κ3) is 4.15. The summed E-state index contributed by atoms with van der Waals surface area (Å²) in [4.78, 5) is 30.2. The van der Waals surface area contributed by atoms with Crippen LogP contribution >= 0.6 is 11.6 Å². The Labute approximate surface area is 189 Å². The molecule has 0 spiro atoms. The Morgan fingerprint density at radius 1 is 1.03 bits per heavy atom. The minimum absolute atomic E-state index is 0.0474. The molecule has 0 bridgehead atoms. The summed E-state index contributed by atoms with van der Waals surface area (Å²) in [5.41, 5.74) is 1.49. The molecule has 1 heterocycles. The summed E-state index contributed by atoms with van der Waals surface area (Å²) in [6.45, 7) is 1.74. The molecular weight excluding hydrogens is 450 g/mol. The zero-order valence-corrected chi connectivity index (χ0v) is 18.7. The number of benzene rings is 3. The van der Waals surface area contributed by atoms with E-state index in [4.69, 9.17) is 11.6 Å². The molecule has 0 saturated carbocycles. The number of fused-ring (bicyclic) bond motifs is 1. The molecule has 0 radical (unpaired) electrons. The van der Waals surface area contributed by atoms with E-state index in [9.17, 15) is 18.0 Å². The molecule has 0 aliphatic rings. The van der Waals surface area contributed by atoms with Crippen LogP contribution in [0.25, 0.3) is 16.6 Å². The molecule has 1 aromatic heterocycles. The molecule has 0 aliphatic carbocycles. The summed E-state index contributed by atoms with van der Waals surface area (Å²) in [5.74, 6) is 0.0556. The fourth-order valence-corrected chi connectivity index (χ4v) is 4.15. The number of hydrogen-bond acceptors (Lipinski definition) is 5. The van der Waals surface area contributed by atoms with Gasteiger partial charge in [-0.25, -0.2) is 13.4 Å². The molecule has 0 unspecified atom stereocenters. The number of nitrogens with one attached hydrogen (secondary N) is 1. The summed E-state index contributed by atoms with van der Waals surface area (Å²) in [6.07, 6.45) is 1.08. The summed E-state index contributed by atoms with van der Waals surface area (Å²) in [6, 6.07) is 17.6. The molecule has 7 nitrogen and oxygen atoms in total. The average Bonchev–Trinajstić information content (AvgIpc) is 2.75. The molecule has 0 fully saturated rings. The van der Waals surface area contributed by atoms with Crippen LogP contribution in [-0.2, 0) is 9.84 Å². The normalized spacial score (nSPS) is 11.5. The van der Waals surface area contributed by atoms with Gasteiger partial charge in [-0.05, 0) is 61.5 Å². The van der Waals surface area contributed by atoms with Gasteiger partial charge in [-0.1, -0.05) is 23.7 Å². The van der Waals surface area contributed by atoms with E-state index in [1.807, 2.05) is 6.07 Å². The van der Waals surface area contributed by atoms with Crippen LogP contribution in [0.1, 0.15) is 16.2 Å². The van der Waals surface area contributed by atoms with Crippen molar-refractivity contribution in [2.45, 2.75) is 11.8 Å². The molecule has 1 amide bonds. The predicted molar refractivity (Wildman–Crippen MR) is 125 cm³/mol. The first-order chi connectivity index (χ1) is 15.1. The third-order valence-corrected chi connectivity index (χ3v) is 6.39. The van der Waals surface area contributed by atoms with Crippen molar-refractivity contribution in [1.82, 2.24) is 9.55 Å². The SMILES string of the molecule is Cc1nc2ccccc2c(=O)n1-c1ccc(C(=O)Nc2cc(S(C)(=O)=O)ccc2Cl)cc1. The fraction of sp³-hybridized carbons (Fsp3) is 0.0870. The lowest BCUT2D eigenvalue weighted by atomic mass is 10.1. The standard InChI is InChI=1S/C23H18ClN3O4S/c1-14-25-20-6-4-3-5-18(20)23(29)27(14)16-9-7-15(8-10-16)22(28)26-21-13-17(32(2,30)31)11-12-19(21)24/h3-13H,1-2H3,(H,26,28). The Balaban J connectivity index is 1.65. The number of aromatic nitrogens is 2. The monoisotopic (exact) mass is 467 g/mol. The molecule has 1 N–H and O–H groups in total. The van der Waals surface area contributed by atoms with E-state index >= 15 is 0 Å². The fourth-order valence-electron chi connectivity index (χ4n) is 3.33. The molecule has 0 aliphatic heterocycles. The molecule has 4 aromatic rings. The van der Waals surface area contributed by atoms with Gasteiger partial charge in [0, 0.05) is 11.8 Å². The quantitative estimate of drug-likeness (QED) is 0.489. The van der Waals surface area contributed by atoms with Gasteiger partial charge in [-0.3, -0.25) is 14.2 Å². The van der Waals surface area contributed by atoms with Gasteiger partial charge in [0.15, 0.2) is 9.84 Å². The maximum atomic E-state index is 12.9. The molecule has 4 rings (SSSR count). The van der Waals surface area contributed by atoms with Crippen LogP contribution in [0.3, 0.4) is 0 Å². The van der Waals surface area contributed by atoms with Crippen LogP contribution in [-0.4, -0.2) is 30.1 Å². The number of para-hydroxylation sites is 1. The van der Waals surface area contributed by atoms with Crippen LogP contribution in [0, 0.1) is 6.92 Å². The van der Waals surface area contributed by atoms with Crippen molar-refractivity contribution >= 4 is 43.9 Å². The number of nitrogens with zero attached hydrogens (tertiary/aromatic N) is 2. The van der Waals surface area contributed by atoms with Gasteiger partial charge in [0.25, 0.3) is 11.5 Å². The first-order valence-electron chi connectivity index (χ1n) is 9.55. The minimum Gasteiger partial charge on any atom is -0.321 e. The van der Waals surface area contributed by atoms with E-state index in [1.165, 1.54) is 22.8 Å². The lowest BCUT2D eigenvalue weighted by molar-refractivity contribution is 0.102. The second-order valence-corrected chi connectivity index (χ2v) is 9.65. The van der Waals surface area contributed by atoms with Gasteiger partial charge in [0.2, 0.25) is 0 Å². The molecule has 9 heteroatoms. The number of amides is 1. The molecule has 0 atom stereocenters. The summed E-state index contributed by atoms with van der Waals surface area (Å²) in [7, 11) is -3.45. The van der Waals surface area contributed by atoms with Gasteiger partial charge in [-0.2, -0.15) is 0 Å². The topological polar surface area (TPSA) is 98.1 Å². The van der Waals surface area contributed by atoms with E-state index in [0.29, 0.717) is 28.0 Å². The summed E-state index contributed by atoms with van der Waals surface area (Å²) in [5, 5.41) is 3.34. The summed E-state index contributed by atoms with van der Waals surface area (Å²) >= 11 is 6.11. The summed E-state index contributed by atoms with van der Waals surface area (Å²) < 4.78 is 25.0. The Kier molecular flexibility index (Phi) is 5.58. The second-order valence-electron chi connectivity index (χ2n) is 7.23. The second kappa shape index (κ2) is 8.22. The number of aryl methyl sites for hydroxylation is 1. The smallest absolute Gasteiger partial charge is 0.265 e. The van der Waals surface area contributed by atoms with Crippen LogP contribution in [0.2, 0.25) is 5.02 Å². The molecule has 3 aromatic carbocycles. The highest BCUT2D eigenvalue weighted by molar-refractivity contribution is 7.90. The molecular formula is C23H18ClN3O4S. The number of hydrogen-bond donors (Lipinski definition) is 1. The third-order valence-electron chi connectivity index (χ3n) is 4.95. The van der Waals surface area contributed by atoms with Crippen LogP contribution in [0.15, 0.2) is 76.4 Å². The van der Waals surface area contributed by atoms with Crippen molar-refractivity contribution in [3.8, 4) is 5.69 Å². The lowest BCUT2D eigenvalue weighted by Crippen LogP contribution is -2.22. The zero-order chi connectivity index (χ0) is 23.0. The number of halogens is 1. The Bertz CT molecular complexity index is 1530. The van der Waals surface area contributed by atoms with Crippen molar-refractivity contribution < 1.29 is 13.2 Å². The zero-order valence-electron chi connectivity index (χ0n) is 17.2. The first-order valence-corrected chi connectivity index (χ1v) is 11.8. The number of carbonyl (C=O) groups excluding carboxylic acids is 1. The van der Waals surface area contributed by atoms with E-state index in [-0.39, 0.29) is 21.2 Å². The maximum absolute atomic E-state index is 12.9. The van der Waals surface area contributed by atoms with Crippen LogP contribution in [0.4, 0.5) is 5.69 Å². The molecule has 0 saturated heterocycles. The van der Waals surface area contributed by atoms with Crippen LogP contribution in [0.5, 0.6) is 0 Å². The largest absolute Gasteiger partial charge is 0.321 e. The minimum atomic E-state index is -3.45. The Morgan fingerprint density at radius 2 is 1.72 bits per heavy atom. The van der Waals surface area contributed by atoms with Gasteiger partial charge in [0.05, 0.1) is 32.2 Å². The van der Waals surface area contributed by atoms with Crippen LogP contribution < -0.4 is 10.9 Å². The van der Waals surface area contributed by atoms with Gasteiger partial charge in [0.1, 0.15) is 5.82 Å². The number of carbonyl (C=O) groups is 1. The van der Waals surface area contributed by atoms with E-state index in [0.717, 1.165) is 6.26 Å². The maximum Gasteiger partial charge on any atom is 0.265 e. The van der Waals surface area contributed by atoms with Crippen molar-refractivity contribution in [2.24, 2.45) is 0 Å². The highest BCUT2D eigenvalue weighted by Gasteiger charge is 2.14. The van der Waals surface area contributed by atoms with Gasteiger partial charge >= 0.3 is 0 Å². The van der Waals surface area contributed by atoms with Gasteiger partial charge in [-0.15, -0.1) is 0 Å². The van der Waals surface area contributed by atoms with Gasteiger partial charge < -0.3 is 5.32 Å². The van der Waals surface area contributed by atoms with E-state index < -0.39 is 15.7 Å². The number of rotatable bonds is 4. The van der Waals surface area contributed by atoms with Crippen molar-refractivity contribution in [3.63, 3.8) is 0 Å². The highest BCUT2D eigenvalue weighted by atomic mass is 35.5.